The van der Waals surface area contributed by atoms with Crippen LogP contribution in [-0.4, -0.2) is 38.0 Å². The van der Waals surface area contributed by atoms with Crippen LogP contribution in [0.1, 0.15) is 47.0 Å². The molecule has 0 bridgehead atoms. The molecule has 2 unspecified atom stereocenters. The number of carbonyl (C=O) groups excluding carboxylic acids is 1. The fraction of sp³-hybridized carbons (Fsp3) is 0.632. The standard InChI is InChI=1S/C19H30O4/c1-5-9-15(3)17(10-7-8-11-19(20)21-6-2)12-16(4)22-13-18-14-23-18/h5,7,9-10,16,18H,6,8,11-14H2,1-4H3/b9-5-,10-7+,17-15-. The van der Waals surface area contributed by atoms with E-state index < -0.39 is 0 Å². The molecule has 1 rings (SSSR count). The van der Waals surface area contributed by atoms with E-state index in [1.54, 1.807) is 0 Å². The average Bonchev–Trinajstić information content (AvgIpc) is 3.33. The number of hydrogen-bond acceptors (Lipinski definition) is 4. The quantitative estimate of drug-likeness (QED) is 0.328. The molecule has 0 N–H and O–H groups in total. The molecule has 0 amide bonds. The number of allylic oxidation sites excluding steroid dienone is 5. The lowest BCUT2D eigenvalue weighted by Crippen LogP contribution is -2.13. The van der Waals surface area contributed by atoms with Gasteiger partial charge in [-0.15, -0.1) is 0 Å². The lowest BCUT2D eigenvalue weighted by atomic mass is 10.0. The van der Waals surface area contributed by atoms with Crippen LogP contribution in [0.4, 0.5) is 0 Å². The van der Waals surface area contributed by atoms with Crippen LogP contribution >= 0.6 is 0 Å². The van der Waals surface area contributed by atoms with Crippen molar-refractivity contribution in [3.05, 3.63) is 35.5 Å². The second kappa shape index (κ2) is 11.2. The van der Waals surface area contributed by atoms with Gasteiger partial charge >= 0.3 is 5.97 Å². The van der Waals surface area contributed by atoms with Crippen LogP contribution in [0, 0.1) is 0 Å². The second-order valence-corrected chi connectivity index (χ2v) is 5.76. The van der Waals surface area contributed by atoms with Gasteiger partial charge in [0.25, 0.3) is 0 Å². The first-order valence-corrected chi connectivity index (χ1v) is 8.44. The van der Waals surface area contributed by atoms with Gasteiger partial charge in [0.05, 0.1) is 25.9 Å². The molecule has 130 valence electrons. The van der Waals surface area contributed by atoms with Gasteiger partial charge in [0.15, 0.2) is 0 Å². The van der Waals surface area contributed by atoms with Gasteiger partial charge in [0, 0.05) is 6.42 Å². The second-order valence-electron chi connectivity index (χ2n) is 5.76. The maximum atomic E-state index is 11.3. The highest BCUT2D eigenvalue weighted by atomic mass is 16.6. The van der Waals surface area contributed by atoms with Gasteiger partial charge in [-0.2, -0.15) is 0 Å². The summed E-state index contributed by atoms with van der Waals surface area (Å²) in [6.07, 6.45) is 10.7. The van der Waals surface area contributed by atoms with Crippen LogP contribution in [0.5, 0.6) is 0 Å². The van der Waals surface area contributed by atoms with Gasteiger partial charge in [-0.25, -0.2) is 0 Å². The Morgan fingerprint density at radius 2 is 2.13 bits per heavy atom. The molecule has 0 saturated carbocycles. The Balaban J connectivity index is 2.50. The summed E-state index contributed by atoms with van der Waals surface area (Å²) in [7, 11) is 0. The van der Waals surface area contributed by atoms with E-state index in [2.05, 4.69) is 26.0 Å². The summed E-state index contributed by atoms with van der Waals surface area (Å²) < 4.78 is 15.9. The number of ether oxygens (including phenoxy) is 3. The molecule has 4 nitrogen and oxygen atoms in total. The van der Waals surface area contributed by atoms with Crippen molar-refractivity contribution in [2.45, 2.75) is 59.2 Å². The molecule has 0 aromatic carbocycles. The zero-order chi connectivity index (χ0) is 17.1. The van der Waals surface area contributed by atoms with Crippen molar-refractivity contribution in [2.24, 2.45) is 0 Å². The van der Waals surface area contributed by atoms with Crippen LogP contribution in [-0.2, 0) is 19.0 Å². The van der Waals surface area contributed by atoms with Crippen molar-refractivity contribution in [3.8, 4) is 0 Å². The topological polar surface area (TPSA) is 48.1 Å². The third-order valence-electron chi connectivity index (χ3n) is 3.54. The molecule has 1 saturated heterocycles. The van der Waals surface area contributed by atoms with Crippen LogP contribution in [0.3, 0.4) is 0 Å². The molecule has 4 heteroatoms. The Morgan fingerprint density at radius 3 is 2.74 bits per heavy atom. The zero-order valence-corrected chi connectivity index (χ0v) is 14.8. The SMILES string of the molecule is C\C=C/C(C)=C(/C=C/CCC(=O)OCC)CC(C)OCC1CO1. The molecule has 23 heavy (non-hydrogen) atoms. The lowest BCUT2D eigenvalue weighted by Gasteiger charge is -2.14. The number of esters is 1. The third kappa shape index (κ3) is 9.36. The molecule has 0 spiro atoms. The molecule has 0 aliphatic carbocycles. The lowest BCUT2D eigenvalue weighted by molar-refractivity contribution is -0.143. The molecule has 0 radical (unpaired) electrons. The Kier molecular flexibility index (Phi) is 9.57. The molecule has 1 aliphatic rings. The molecule has 0 aromatic heterocycles. The van der Waals surface area contributed by atoms with E-state index in [9.17, 15) is 4.79 Å². The van der Waals surface area contributed by atoms with E-state index in [1.165, 1.54) is 11.1 Å². The summed E-state index contributed by atoms with van der Waals surface area (Å²) >= 11 is 0. The molecule has 1 fully saturated rings. The van der Waals surface area contributed by atoms with Gasteiger partial charge in [-0.05, 0) is 51.7 Å². The Morgan fingerprint density at radius 1 is 1.39 bits per heavy atom. The fourth-order valence-electron chi connectivity index (χ4n) is 2.18. The Hall–Kier alpha value is -1.39. The maximum absolute atomic E-state index is 11.3. The van der Waals surface area contributed by atoms with Gasteiger partial charge in [-0.3, -0.25) is 4.79 Å². The number of hydrogen-bond donors (Lipinski definition) is 0. The zero-order valence-electron chi connectivity index (χ0n) is 14.8. The first-order chi connectivity index (χ1) is 11.1. The smallest absolute Gasteiger partial charge is 0.306 e. The van der Waals surface area contributed by atoms with Crippen LogP contribution < -0.4 is 0 Å². The average molecular weight is 322 g/mol. The minimum absolute atomic E-state index is 0.143. The third-order valence-corrected chi connectivity index (χ3v) is 3.54. The summed E-state index contributed by atoms with van der Waals surface area (Å²) in [5, 5.41) is 0. The minimum Gasteiger partial charge on any atom is -0.466 e. The summed E-state index contributed by atoms with van der Waals surface area (Å²) in [6, 6.07) is 0. The molecule has 1 aliphatic heterocycles. The Labute approximate surface area is 140 Å². The number of epoxide rings is 1. The van der Waals surface area contributed by atoms with Crippen molar-refractivity contribution in [2.75, 3.05) is 19.8 Å². The van der Waals surface area contributed by atoms with Gasteiger partial charge < -0.3 is 14.2 Å². The molecule has 0 aromatic rings. The normalized spacial score (nSPS) is 19.9. The highest BCUT2D eigenvalue weighted by Gasteiger charge is 2.23. The highest BCUT2D eigenvalue weighted by Crippen LogP contribution is 2.18. The molecular weight excluding hydrogens is 292 g/mol. The van der Waals surface area contributed by atoms with Crippen LogP contribution in [0.15, 0.2) is 35.5 Å². The Bertz CT molecular complexity index is 444. The van der Waals surface area contributed by atoms with Crippen molar-refractivity contribution < 1.29 is 19.0 Å². The first-order valence-electron chi connectivity index (χ1n) is 8.44. The number of rotatable bonds is 11. The minimum atomic E-state index is -0.144. The van der Waals surface area contributed by atoms with Crippen molar-refractivity contribution in [1.82, 2.24) is 0 Å². The number of carbonyl (C=O) groups is 1. The molecule has 2 atom stereocenters. The summed E-state index contributed by atoms with van der Waals surface area (Å²) in [5.74, 6) is -0.144. The highest BCUT2D eigenvalue weighted by molar-refractivity contribution is 5.69. The van der Waals surface area contributed by atoms with Gasteiger partial charge in [-0.1, -0.05) is 24.3 Å². The largest absolute Gasteiger partial charge is 0.466 e. The van der Waals surface area contributed by atoms with E-state index in [1.807, 2.05) is 26.0 Å². The fourth-order valence-corrected chi connectivity index (χ4v) is 2.18. The van der Waals surface area contributed by atoms with Crippen LogP contribution in [0.2, 0.25) is 0 Å². The molecular formula is C19H30O4. The maximum Gasteiger partial charge on any atom is 0.306 e. The van der Waals surface area contributed by atoms with Crippen molar-refractivity contribution in [3.63, 3.8) is 0 Å². The first kappa shape index (κ1) is 19.7. The summed E-state index contributed by atoms with van der Waals surface area (Å²) in [5.41, 5.74) is 2.45. The summed E-state index contributed by atoms with van der Waals surface area (Å²) in [4.78, 5) is 11.3. The monoisotopic (exact) mass is 322 g/mol. The van der Waals surface area contributed by atoms with Crippen LogP contribution in [0.25, 0.3) is 0 Å². The van der Waals surface area contributed by atoms with E-state index in [0.717, 1.165) is 13.0 Å². The molecule has 1 heterocycles. The van der Waals surface area contributed by atoms with Gasteiger partial charge in [0.2, 0.25) is 0 Å². The predicted octanol–water partition coefficient (Wildman–Crippen LogP) is 3.97. The summed E-state index contributed by atoms with van der Waals surface area (Å²) in [6.45, 7) is 9.94. The van der Waals surface area contributed by atoms with E-state index in [-0.39, 0.29) is 12.1 Å². The van der Waals surface area contributed by atoms with E-state index in [0.29, 0.717) is 32.2 Å². The van der Waals surface area contributed by atoms with Crippen molar-refractivity contribution in [1.29, 1.82) is 0 Å². The predicted molar refractivity (Wildman–Crippen MR) is 92.3 cm³/mol. The van der Waals surface area contributed by atoms with Crippen molar-refractivity contribution >= 4 is 5.97 Å². The van der Waals surface area contributed by atoms with Gasteiger partial charge in [0.1, 0.15) is 6.10 Å². The van der Waals surface area contributed by atoms with E-state index in [4.69, 9.17) is 14.2 Å². The van der Waals surface area contributed by atoms with E-state index >= 15 is 0 Å².